The van der Waals surface area contributed by atoms with Crippen molar-refractivity contribution in [2.45, 2.75) is 20.4 Å². The van der Waals surface area contributed by atoms with E-state index in [0.29, 0.717) is 23.4 Å². The molecule has 0 bridgehead atoms. The summed E-state index contributed by atoms with van der Waals surface area (Å²) in [7, 11) is 0. The Bertz CT molecular complexity index is 1060. The van der Waals surface area contributed by atoms with Crippen molar-refractivity contribution >= 4 is 40.5 Å². The molecule has 29 heavy (non-hydrogen) atoms. The highest BCUT2D eigenvalue weighted by Crippen LogP contribution is 2.42. The first-order valence-electron chi connectivity index (χ1n) is 9.35. The summed E-state index contributed by atoms with van der Waals surface area (Å²) in [6, 6.07) is 9.18. The number of allylic oxidation sites excluding steroid dienone is 2. The van der Waals surface area contributed by atoms with Crippen LogP contribution in [0.3, 0.4) is 0 Å². The molecule has 1 aromatic heterocycles. The van der Waals surface area contributed by atoms with Crippen molar-refractivity contribution in [3.8, 4) is 0 Å². The number of ether oxygens (including phenoxy) is 2. The molecule has 3 heterocycles. The van der Waals surface area contributed by atoms with E-state index in [1.165, 1.54) is 11.3 Å². The number of nitrogens with zero attached hydrogens (tertiary/aromatic N) is 1. The minimum atomic E-state index is -0.735. The van der Waals surface area contributed by atoms with E-state index >= 15 is 0 Å². The molecule has 4 rings (SSSR count). The fourth-order valence-corrected chi connectivity index (χ4v) is 4.46. The van der Waals surface area contributed by atoms with Gasteiger partial charge in [-0.2, -0.15) is 0 Å². The highest BCUT2D eigenvalue weighted by molar-refractivity contribution is 7.10. The van der Waals surface area contributed by atoms with Gasteiger partial charge in [0.25, 0.3) is 5.91 Å². The lowest BCUT2D eigenvalue weighted by Gasteiger charge is -2.15. The number of thiophene rings is 1. The third-order valence-electron chi connectivity index (χ3n) is 4.82. The van der Waals surface area contributed by atoms with E-state index in [1.807, 2.05) is 29.6 Å². The number of hydrogen-bond donors (Lipinski definition) is 0. The zero-order chi connectivity index (χ0) is 20.5. The standard InChI is InChI=1S/C22H19NO5S/c1-3-27-21(25)19(22(26)28-4-2)16-11-17-13-7-5-6-8-15(13)20(24)23(17)12-18-14(16)9-10-29-18/h5-11H,3-4,12H2,1-2H3. The van der Waals surface area contributed by atoms with Crippen LogP contribution in [0.4, 0.5) is 0 Å². The second kappa shape index (κ2) is 7.67. The smallest absolute Gasteiger partial charge is 0.346 e. The van der Waals surface area contributed by atoms with Crippen LogP contribution in [0.25, 0.3) is 11.3 Å². The molecule has 148 valence electrons. The maximum Gasteiger partial charge on any atom is 0.346 e. The van der Waals surface area contributed by atoms with Crippen LogP contribution >= 0.6 is 11.3 Å². The van der Waals surface area contributed by atoms with Crippen LogP contribution in [0.15, 0.2) is 47.4 Å². The fourth-order valence-electron chi connectivity index (χ4n) is 3.58. The van der Waals surface area contributed by atoms with Crippen molar-refractivity contribution in [3.63, 3.8) is 0 Å². The minimum absolute atomic E-state index is 0.0960. The first kappa shape index (κ1) is 19.1. The Balaban J connectivity index is 1.99. The average molecular weight is 409 g/mol. The predicted octanol–water partition coefficient (Wildman–Crippen LogP) is 3.64. The Kier molecular flexibility index (Phi) is 5.07. The van der Waals surface area contributed by atoms with Gasteiger partial charge < -0.3 is 14.4 Å². The quantitative estimate of drug-likeness (QED) is 0.334. The minimum Gasteiger partial charge on any atom is -0.462 e. The molecule has 0 spiro atoms. The zero-order valence-electron chi connectivity index (χ0n) is 16.1. The van der Waals surface area contributed by atoms with Crippen molar-refractivity contribution in [2.75, 3.05) is 13.2 Å². The third-order valence-corrected chi connectivity index (χ3v) is 5.72. The molecule has 0 aliphatic carbocycles. The highest BCUT2D eigenvalue weighted by atomic mass is 32.1. The van der Waals surface area contributed by atoms with Gasteiger partial charge in [-0.25, -0.2) is 9.59 Å². The van der Waals surface area contributed by atoms with Crippen molar-refractivity contribution in [3.05, 3.63) is 68.9 Å². The summed E-state index contributed by atoms with van der Waals surface area (Å²) in [6.45, 7) is 4.00. The van der Waals surface area contributed by atoms with Crippen LogP contribution in [-0.4, -0.2) is 36.0 Å². The van der Waals surface area contributed by atoms with Crippen LogP contribution < -0.4 is 0 Å². The highest BCUT2D eigenvalue weighted by Gasteiger charge is 2.37. The van der Waals surface area contributed by atoms with Gasteiger partial charge in [0.2, 0.25) is 0 Å². The zero-order valence-corrected chi connectivity index (χ0v) is 16.9. The van der Waals surface area contributed by atoms with Gasteiger partial charge >= 0.3 is 11.9 Å². The second-order valence-electron chi connectivity index (χ2n) is 6.45. The third kappa shape index (κ3) is 3.17. The second-order valence-corrected chi connectivity index (χ2v) is 7.45. The van der Waals surface area contributed by atoms with E-state index in [0.717, 1.165) is 16.0 Å². The molecule has 6 nitrogen and oxygen atoms in total. The van der Waals surface area contributed by atoms with Crippen LogP contribution in [0.5, 0.6) is 0 Å². The van der Waals surface area contributed by atoms with Gasteiger partial charge in [0.15, 0.2) is 5.57 Å². The number of amides is 1. The lowest BCUT2D eigenvalue weighted by atomic mass is 9.98. The topological polar surface area (TPSA) is 72.9 Å². The summed E-state index contributed by atoms with van der Waals surface area (Å²) in [5, 5.41) is 1.88. The molecular formula is C22H19NO5S. The van der Waals surface area contributed by atoms with Gasteiger partial charge in [-0.3, -0.25) is 4.79 Å². The summed E-state index contributed by atoms with van der Waals surface area (Å²) in [4.78, 5) is 41.0. The van der Waals surface area contributed by atoms with Gasteiger partial charge in [-0.1, -0.05) is 18.2 Å². The van der Waals surface area contributed by atoms with Crippen molar-refractivity contribution in [1.29, 1.82) is 0 Å². The molecule has 2 aromatic rings. The van der Waals surface area contributed by atoms with Gasteiger partial charge in [0.1, 0.15) is 0 Å². The Labute approximate surface area is 172 Å². The van der Waals surface area contributed by atoms with Gasteiger partial charge in [-0.05, 0) is 43.0 Å². The molecule has 0 atom stereocenters. The van der Waals surface area contributed by atoms with Crippen LogP contribution in [0.1, 0.15) is 40.2 Å². The van der Waals surface area contributed by atoms with Gasteiger partial charge in [-0.15, -0.1) is 11.3 Å². The normalized spacial score (nSPS) is 14.4. The number of fused-ring (bicyclic) bond motifs is 4. The molecule has 1 amide bonds. The maximum atomic E-state index is 13.0. The van der Waals surface area contributed by atoms with E-state index in [4.69, 9.17) is 9.47 Å². The number of carbonyl (C=O) groups excluding carboxylic acids is 3. The molecular weight excluding hydrogens is 390 g/mol. The summed E-state index contributed by atoms with van der Waals surface area (Å²) in [6.07, 6.45) is 1.73. The monoisotopic (exact) mass is 409 g/mol. The number of carbonyl (C=O) groups is 3. The molecule has 0 fully saturated rings. The van der Waals surface area contributed by atoms with Crippen molar-refractivity contribution in [1.82, 2.24) is 4.90 Å². The van der Waals surface area contributed by atoms with Crippen LogP contribution in [-0.2, 0) is 25.6 Å². The SMILES string of the molecule is CCOC(=O)C(C(=O)OCC)=C1C=C2c3ccccc3C(=O)N2Cc2sccc21. The van der Waals surface area contributed by atoms with Crippen LogP contribution in [0, 0.1) is 0 Å². The van der Waals surface area contributed by atoms with E-state index in [1.54, 1.807) is 30.9 Å². The Morgan fingerprint density at radius 1 is 1.00 bits per heavy atom. The van der Waals surface area contributed by atoms with Crippen molar-refractivity contribution < 1.29 is 23.9 Å². The van der Waals surface area contributed by atoms with Crippen LogP contribution in [0.2, 0.25) is 0 Å². The Morgan fingerprint density at radius 2 is 1.66 bits per heavy atom. The first-order valence-corrected chi connectivity index (χ1v) is 10.2. The predicted molar refractivity (Wildman–Crippen MR) is 109 cm³/mol. The lowest BCUT2D eigenvalue weighted by molar-refractivity contribution is -0.146. The van der Waals surface area contributed by atoms with Crippen molar-refractivity contribution in [2.24, 2.45) is 0 Å². The molecule has 0 N–H and O–H groups in total. The van der Waals surface area contributed by atoms with Gasteiger partial charge in [0.05, 0.1) is 25.5 Å². The molecule has 2 aliphatic heterocycles. The Morgan fingerprint density at radius 3 is 2.31 bits per heavy atom. The molecule has 7 heteroatoms. The summed E-state index contributed by atoms with van der Waals surface area (Å²) < 4.78 is 10.3. The largest absolute Gasteiger partial charge is 0.462 e. The number of rotatable bonds is 4. The fraction of sp³-hybridized carbons (Fsp3) is 0.227. The number of benzene rings is 1. The average Bonchev–Trinajstić information content (AvgIpc) is 3.22. The molecule has 0 radical (unpaired) electrons. The summed E-state index contributed by atoms with van der Waals surface area (Å²) in [5.41, 5.74) is 3.04. The summed E-state index contributed by atoms with van der Waals surface area (Å²) >= 11 is 1.47. The summed E-state index contributed by atoms with van der Waals surface area (Å²) in [5.74, 6) is -1.57. The maximum absolute atomic E-state index is 13.0. The van der Waals surface area contributed by atoms with E-state index < -0.39 is 11.9 Å². The molecule has 0 unspecified atom stereocenters. The lowest BCUT2D eigenvalue weighted by Crippen LogP contribution is -2.21. The van der Waals surface area contributed by atoms with E-state index in [9.17, 15) is 14.4 Å². The van der Waals surface area contributed by atoms with E-state index in [2.05, 4.69) is 0 Å². The molecule has 0 saturated heterocycles. The molecule has 0 saturated carbocycles. The number of hydrogen-bond acceptors (Lipinski definition) is 6. The van der Waals surface area contributed by atoms with E-state index in [-0.39, 0.29) is 24.7 Å². The Hall–Kier alpha value is -3.19. The number of esters is 2. The molecule has 1 aromatic carbocycles. The molecule has 2 aliphatic rings. The first-order chi connectivity index (χ1) is 14.1. The van der Waals surface area contributed by atoms with Gasteiger partial charge in [0, 0.05) is 21.6 Å².